The summed E-state index contributed by atoms with van der Waals surface area (Å²) in [6.45, 7) is 3.64. The molecule has 0 aromatic carbocycles. The molecule has 1 atom stereocenters. The summed E-state index contributed by atoms with van der Waals surface area (Å²) in [6, 6.07) is 1.84. The third-order valence-corrected chi connectivity index (χ3v) is 1.32. The van der Waals surface area contributed by atoms with Gasteiger partial charge in [0.1, 0.15) is 5.82 Å². The molecule has 1 aromatic heterocycles. The lowest BCUT2D eigenvalue weighted by atomic mass is 10.2. The summed E-state index contributed by atoms with van der Waals surface area (Å²) in [5.41, 5.74) is 0.940. The van der Waals surface area contributed by atoms with Crippen LogP contribution in [-0.4, -0.2) is 21.2 Å². The maximum absolute atomic E-state index is 9.02. The fourth-order valence-corrected chi connectivity index (χ4v) is 0.863. The summed E-state index contributed by atoms with van der Waals surface area (Å²) in [5, 5.41) is 9.02. The van der Waals surface area contributed by atoms with E-state index in [1.54, 1.807) is 13.1 Å². The molecule has 1 N–H and O–H groups in total. The van der Waals surface area contributed by atoms with Crippen LogP contribution in [0.5, 0.6) is 0 Å². The largest absolute Gasteiger partial charge is 0.393 e. The second kappa shape index (κ2) is 3.44. The van der Waals surface area contributed by atoms with Crippen molar-refractivity contribution in [1.82, 2.24) is 9.97 Å². The van der Waals surface area contributed by atoms with Crippen molar-refractivity contribution in [3.05, 3.63) is 23.8 Å². The first kappa shape index (κ1) is 8.14. The van der Waals surface area contributed by atoms with Crippen molar-refractivity contribution in [2.75, 3.05) is 0 Å². The first-order chi connectivity index (χ1) is 5.18. The molecule has 0 radical (unpaired) electrons. The quantitative estimate of drug-likeness (QED) is 0.678. The lowest BCUT2D eigenvalue weighted by molar-refractivity contribution is 0.193. The zero-order chi connectivity index (χ0) is 8.27. The number of rotatable bonds is 2. The molecule has 0 saturated heterocycles. The van der Waals surface area contributed by atoms with Gasteiger partial charge in [-0.15, -0.1) is 0 Å². The van der Waals surface area contributed by atoms with Crippen molar-refractivity contribution in [1.29, 1.82) is 0 Å². The van der Waals surface area contributed by atoms with Crippen molar-refractivity contribution < 1.29 is 5.11 Å². The molecule has 1 unspecified atom stereocenters. The summed E-state index contributed by atoms with van der Waals surface area (Å²) in [4.78, 5) is 8.15. The number of aliphatic hydroxyl groups is 1. The summed E-state index contributed by atoms with van der Waals surface area (Å²) >= 11 is 0. The highest BCUT2D eigenvalue weighted by molar-refractivity contribution is 5.00. The lowest BCUT2D eigenvalue weighted by Gasteiger charge is -2.01. The van der Waals surface area contributed by atoms with Gasteiger partial charge in [0, 0.05) is 18.3 Å². The van der Waals surface area contributed by atoms with Gasteiger partial charge < -0.3 is 5.11 Å². The van der Waals surface area contributed by atoms with Crippen LogP contribution in [0.2, 0.25) is 0 Å². The lowest BCUT2D eigenvalue weighted by Crippen LogP contribution is -2.08. The van der Waals surface area contributed by atoms with Crippen molar-refractivity contribution in [3.8, 4) is 0 Å². The average molecular weight is 152 g/mol. The summed E-state index contributed by atoms with van der Waals surface area (Å²) in [5.74, 6) is 0.708. The molecule has 0 spiro atoms. The molecule has 11 heavy (non-hydrogen) atoms. The van der Waals surface area contributed by atoms with E-state index in [9.17, 15) is 0 Å². The van der Waals surface area contributed by atoms with E-state index in [1.807, 2.05) is 13.0 Å². The molecular weight excluding hydrogens is 140 g/mol. The van der Waals surface area contributed by atoms with Crippen LogP contribution in [0.1, 0.15) is 18.4 Å². The highest BCUT2D eigenvalue weighted by Crippen LogP contribution is 1.97. The minimum atomic E-state index is -0.364. The first-order valence-electron chi connectivity index (χ1n) is 3.65. The van der Waals surface area contributed by atoms with Crippen LogP contribution in [0.25, 0.3) is 0 Å². The van der Waals surface area contributed by atoms with Gasteiger partial charge in [0.15, 0.2) is 0 Å². The van der Waals surface area contributed by atoms with E-state index in [4.69, 9.17) is 5.11 Å². The van der Waals surface area contributed by atoms with Crippen LogP contribution in [0, 0.1) is 6.92 Å². The molecule has 0 fully saturated rings. The number of aryl methyl sites for hydroxylation is 1. The highest BCUT2D eigenvalue weighted by Gasteiger charge is 2.00. The normalized spacial score (nSPS) is 13.0. The maximum Gasteiger partial charge on any atom is 0.131 e. The van der Waals surface area contributed by atoms with Gasteiger partial charge in [0.05, 0.1) is 6.10 Å². The number of hydrogen-bond acceptors (Lipinski definition) is 3. The molecule has 1 heterocycles. The van der Waals surface area contributed by atoms with Crippen molar-refractivity contribution in [2.45, 2.75) is 26.4 Å². The van der Waals surface area contributed by atoms with Gasteiger partial charge in [-0.25, -0.2) is 9.97 Å². The number of hydrogen-bond donors (Lipinski definition) is 1. The van der Waals surface area contributed by atoms with Crippen molar-refractivity contribution in [3.63, 3.8) is 0 Å². The zero-order valence-corrected chi connectivity index (χ0v) is 6.78. The Morgan fingerprint density at radius 3 is 2.91 bits per heavy atom. The van der Waals surface area contributed by atoms with Gasteiger partial charge in [0.25, 0.3) is 0 Å². The summed E-state index contributed by atoms with van der Waals surface area (Å²) < 4.78 is 0. The number of aromatic nitrogens is 2. The van der Waals surface area contributed by atoms with Crippen molar-refractivity contribution >= 4 is 0 Å². The van der Waals surface area contributed by atoms with Crippen LogP contribution in [0.4, 0.5) is 0 Å². The van der Waals surface area contributed by atoms with E-state index in [2.05, 4.69) is 9.97 Å². The van der Waals surface area contributed by atoms with E-state index < -0.39 is 0 Å². The van der Waals surface area contributed by atoms with Crippen LogP contribution in [-0.2, 0) is 6.42 Å². The molecule has 0 saturated carbocycles. The third kappa shape index (κ3) is 2.63. The molecule has 60 valence electrons. The van der Waals surface area contributed by atoms with E-state index >= 15 is 0 Å². The van der Waals surface area contributed by atoms with Gasteiger partial charge >= 0.3 is 0 Å². The molecule has 1 aromatic rings. The Bertz CT molecular complexity index is 235. The van der Waals surface area contributed by atoms with Crippen LogP contribution in [0.3, 0.4) is 0 Å². The molecule has 0 bridgehead atoms. The molecule has 3 heteroatoms. The van der Waals surface area contributed by atoms with Crippen LogP contribution >= 0.6 is 0 Å². The molecule has 0 amide bonds. The predicted molar refractivity (Wildman–Crippen MR) is 42.2 cm³/mol. The highest BCUT2D eigenvalue weighted by atomic mass is 16.3. The zero-order valence-electron chi connectivity index (χ0n) is 6.78. The Balaban J connectivity index is 2.71. The van der Waals surface area contributed by atoms with E-state index in [-0.39, 0.29) is 6.10 Å². The molecule has 0 aliphatic carbocycles. The maximum atomic E-state index is 9.02. The van der Waals surface area contributed by atoms with Gasteiger partial charge in [-0.3, -0.25) is 0 Å². The van der Waals surface area contributed by atoms with Gasteiger partial charge in [-0.2, -0.15) is 0 Å². The van der Waals surface area contributed by atoms with Gasteiger partial charge in [0.2, 0.25) is 0 Å². The Kier molecular flexibility index (Phi) is 2.54. The summed E-state index contributed by atoms with van der Waals surface area (Å²) in [6.07, 6.45) is 1.87. The molecular formula is C8H12N2O. The predicted octanol–water partition coefficient (Wildman–Crippen LogP) is 0.708. The van der Waals surface area contributed by atoms with Crippen molar-refractivity contribution in [2.24, 2.45) is 0 Å². The number of nitrogens with zero attached hydrogens (tertiary/aromatic N) is 2. The smallest absolute Gasteiger partial charge is 0.131 e. The Morgan fingerprint density at radius 1 is 1.64 bits per heavy atom. The molecule has 0 aliphatic heterocycles. The fraction of sp³-hybridized carbons (Fsp3) is 0.500. The topological polar surface area (TPSA) is 46.0 Å². The average Bonchev–Trinajstić information content (AvgIpc) is 1.85. The first-order valence-corrected chi connectivity index (χ1v) is 3.65. The third-order valence-electron chi connectivity index (χ3n) is 1.32. The minimum Gasteiger partial charge on any atom is -0.393 e. The minimum absolute atomic E-state index is 0.364. The second-order valence-corrected chi connectivity index (χ2v) is 2.67. The standard InChI is InChI=1S/C8H12N2O/c1-6-3-4-9-8(10-6)5-7(2)11/h3-4,7,11H,5H2,1-2H3. The molecule has 3 nitrogen and oxygen atoms in total. The van der Waals surface area contributed by atoms with Crippen LogP contribution < -0.4 is 0 Å². The monoisotopic (exact) mass is 152 g/mol. The fourth-order valence-electron chi connectivity index (χ4n) is 0.863. The van der Waals surface area contributed by atoms with E-state index in [0.717, 1.165) is 5.69 Å². The Morgan fingerprint density at radius 2 is 2.36 bits per heavy atom. The molecule has 0 aliphatic rings. The van der Waals surface area contributed by atoms with E-state index in [0.29, 0.717) is 12.2 Å². The summed E-state index contributed by atoms with van der Waals surface area (Å²) in [7, 11) is 0. The second-order valence-electron chi connectivity index (χ2n) is 2.67. The van der Waals surface area contributed by atoms with E-state index in [1.165, 1.54) is 0 Å². The Hall–Kier alpha value is -0.960. The van der Waals surface area contributed by atoms with Gasteiger partial charge in [-0.1, -0.05) is 0 Å². The Labute approximate surface area is 66.1 Å². The molecule has 1 rings (SSSR count). The van der Waals surface area contributed by atoms with Gasteiger partial charge in [-0.05, 0) is 19.9 Å². The van der Waals surface area contributed by atoms with Crippen LogP contribution in [0.15, 0.2) is 12.3 Å². The SMILES string of the molecule is Cc1ccnc(CC(C)O)n1. The number of aliphatic hydroxyl groups excluding tert-OH is 1.